The molecule has 0 fully saturated rings. The summed E-state index contributed by atoms with van der Waals surface area (Å²) in [5.74, 6) is -0.241. The van der Waals surface area contributed by atoms with E-state index in [1.54, 1.807) is 12.1 Å². The Kier molecular flexibility index (Phi) is 6.51. The maximum Gasteiger partial charge on any atom is 0.306 e. The molecule has 3 rings (SSSR count). The van der Waals surface area contributed by atoms with E-state index in [0.717, 1.165) is 5.69 Å². The lowest BCUT2D eigenvalue weighted by Gasteiger charge is -2.08. The average Bonchev–Trinajstić information content (AvgIpc) is 3.11. The lowest BCUT2D eigenvalue weighted by molar-refractivity contribution is -0.145. The summed E-state index contributed by atoms with van der Waals surface area (Å²) in [5.41, 5.74) is 6.47. The van der Waals surface area contributed by atoms with Gasteiger partial charge in [-0.1, -0.05) is 29.8 Å². The number of hydrogen-bond acceptors (Lipinski definition) is 9. The van der Waals surface area contributed by atoms with E-state index in [4.69, 9.17) is 22.1 Å². The molecule has 0 radical (unpaired) electrons. The van der Waals surface area contributed by atoms with Gasteiger partial charge >= 0.3 is 5.97 Å². The molecule has 3 aromatic rings. The van der Waals surface area contributed by atoms with Gasteiger partial charge < -0.3 is 15.8 Å². The number of nitrogens with one attached hydrogen (secondary N) is 1. The zero-order chi connectivity index (χ0) is 19.9. The molecule has 0 saturated heterocycles. The lowest BCUT2D eigenvalue weighted by atomic mass is 10.2. The molecular weight excluding hydrogens is 402 g/mol. The Morgan fingerprint density at radius 1 is 1.07 bits per heavy atom. The van der Waals surface area contributed by atoms with Crippen molar-refractivity contribution in [3.63, 3.8) is 0 Å². The minimum absolute atomic E-state index is 0.00392. The number of anilines is 3. The third-order valence-electron chi connectivity index (χ3n) is 3.50. The van der Waals surface area contributed by atoms with Gasteiger partial charge in [0.15, 0.2) is 18.2 Å². The van der Waals surface area contributed by atoms with E-state index in [9.17, 15) is 9.59 Å². The number of carbonyl (C=O) groups is 2. The number of hydrogen-bond donors (Lipinski definition) is 2. The molecule has 0 bridgehead atoms. The first-order valence-corrected chi connectivity index (χ1v) is 9.46. The van der Waals surface area contributed by atoms with Crippen LogP contribution in [0.15, 0.2) is 42.5 Å². The van der Waals surface area contributed by atoms with E-state index >= 15 is 0 Å². The van der Waals surface area contributed by atoms with Gasteiger partial charge in [0.2, 0.25) is 11.9 Å². The maximum absolute atomic E-state index is 12.0. The Balaban J connectivity index is 1.52. The highest BCUT2D eigenvalue weighted by atomic mass is 35.5. The summed E-state index contributed by atoms with van der Waals surface area (Å²) in [4.78, 5) is 36.5. The molecule has 0 atom stereocenters. The van der Waals surface area contributed by atoms with Crippen molar-refractivity contribution in [3.05, 3.63) is 57.5 Å². The summed E-state index contributed by atoms with van der Waals surface area (Å²) in [6.45, 7) is -0.173. The molecule has 1 aromatic carbocycles. The first-order chi connectivity index (χ1) is 13.5. The van der Waals surface area contributed by atoms with Gasteiger partial charge in [0.1, 0.15) is 0 Å². The Morgan fingerprint density at radius 2 is 1.86 bits per heavy atom. The number of halogens is 1. The number of rotatable bonds is 8. The standard InChI is InChI=1S/C18H16ClN5O3S/c19-14-8-7-13(28-14)12(25)6-9-16(26)27-10-15-22-17(20)24-18(23-15)21-11-4-2-1-3-5-11/h1-5,7-8H,6,9-10H2,(H3,20,21,22,23,24). The molecule has 0 spiro atoms. The number of para-hydroxylation sites is 1. The van der Waals surface area contributed by atoms with Crippen molar-refractivity contribution in [2.24, 2.45) is 0 Å². The van der Waals surface area contributed by atoms with E-state index in [1.165, 1.54) is 11.3 Å². The second kappa shape index (κ2) is 9.25. The van der Waals surface area contributed by atoms with Crippen molar-refractivity contribution in [1.82, 2.24) is 15.0 Å². The fourth-order valence-corrected chi connectivity index (χ4v) is 3.24. The van der Waals surface area contributed by atoms with Crippen molar-refractivity contribution in [2.45, 2.75) is 19.4 Å². The molecule has 2 aromatic heterocycles. The van der Waals surface area contributed by atoms with Crippen LogP contribution in [0, 0.1) is 0 Å². The molecule has 0 amide bonds. The van der Waals surface area contributed by atoms with Gasteiger partial charge in [0, 0.05) is 12.1 Å². The number of nitrogen functional groups attached to an aromatic ring is 1. The average molecular weight is 418 g/mol. The summed E-state index contributed by atoms with van der Waals surface area (Å²) in [7, 11) is 0. The highest BCUT2D eigenvalue weighted by Gasteiger charge is 2.13. The zero-order valence-corrected chi connectivity index (χ0v) is 16.2. The molecule has 0 aliphatic heterocycles. The van der Waals surface area contributed by atoms with Crippen LogP contribution in [0.1, 0.15) is 28.3 Å². The molecule has 2 heterocycles. The van der Waals surface area contributed by atoms with E-state index in [-0.39, 0.29) is 43.0 Å². The number of aromatic nitrogens is 3. The van der Waals surface area contributed by atoms with Gasteiger partial charge in [-0.05, 0) is 24.3 Å². The van der Waals surface area contributed by atoms with Crippen molar-refractivity contribution in [2.75, 3.05) is 11.1 Å². The highest BCUT2D eigenvalue weighted by Crippen LogP contribution is 2.23. The normalized spacial score (nSPS) is 10.5. The predicted octanol–water partition coefficient (Wildman–Crippen LogP) is 3.62. The monoisotopic (exact) mass is 417 g/mol. The van der Waals surface area contributed by atoms with Crippen LogP contribution in [0.3, 0.4) is 0 Å². The number of ketones is 1. The van der Waals surface area contributed by atoms with Gasteiger partial charge in [-0.3, -0.25) is 9.59 Å². The third kappa shape index (κ3) is 5.73. The molecule has 0 aliphatic rings. The Bertz CT molecular complexity index is 980. The SMILES string of the molecule is Nc1nc(COC(=O)CCC(=O)c2ccc(Cl)s2)nc(Nc2ccccc2)n1. The van der Waals surface area contributed by atoms with E-state index < -0.39 is 5.97 Å². The number of esters is 1. The molecule has 0 saturated carbocycles. The number of carbonyl (C=O) groups excluding carboxylic acids is 2. The molecule has 0 unspecified atom stereocenters. The van der Waals surface area contributed by atoms with Crippen molar-refractivity contribution < 1.29 is 14.3 Å². The van der Waals surface area contributed by atoms with Crippen molar-refractivity contribution >= 4 is 52.3 Å². The smallest absolute Gasteiger partial charge is 0.306 e. The van der Waals surface area contributed by atoms with Crippen LogP contribution in [0.5, 0.6) is 0 Å². The fraction of sp³-hybridized carbons (Fsp3) is 0.167. The summed E-state index contributed by atoms with van der Waals surface area (Å²) in [6.07, 6.45) is -0.0140. The fourth-order valence-electron chi connectivity index (χ4n) is 2.23. The minimum Gasteiger partial charge on any atom is -0.457 e. The highest BCUT2D eigenvalue weighted by molar-refractivity contribution is 7.18. The van der Waals surface area contributed by atoms with Crippen LogP contribution in [-0.2, 0) is 16.1 Å². The summed E-state index contributed by atoms with van der Waals surface area (Å²) in [5, 5.41) is 3.00. The first-order valence-electron chi connectivity index (χ1n) is 8.26. The third-order valence-corrected chi connectivity index (χ3v) is 4.77. The molecule has 0 aliphatic carbocycles. The summed E-state index contributed by atoms with van der Waals surface area (Å²) < 4.78 is 5.66. The molecule has 10 heteroatoms. The predicted molar refractivity (Wildman–Crippen MR) is 107 cm³/mol. The van der Waals surface area contributed by atoms with Gasteiger partial charge in [-0.25, -0.2) is 0 Å². The number of ether oxygens (including phenoxy) is 1. The second-order valence-electron chi connectivity index (χ2n) is 5.61. The number of thiophene rings is 1. The van der Waals surface area contributed by atoms with E-state index in [2.05, 4.69) is 20.3 Å². The topological polar surface area (TPSA) is 120 Å². The number of nitrogens with two attached hydrogens (primary N) is 1. The van der Waals surface area contributed by atoms with Crippen LogP contribution in [-0.4, -0.2) is 26.7 Å². The van der Waals surface area contributed by atoms with Crippen molar-refractivity contribution in [3.8, 4) is 0 Å². The van der Waals surface area contributed by atoms with Gasteiger partial charge in [0.25, 0.3) is 0 Å². The van der Waals surface area contributed by atoms with E-state index in [0.29, 0.717) is 9.21 Å². The van der Waals surface area contributed by atoms with Gasteiger partial charge in [-0.2, -0.15) is 15.0 Å². The first kappa shape index (κ1) is 19.7. The Morgan fingerprint density at radius 3 is 2.57 bits per heavy atom. The molecule has 144 valence electrons. The largest absolute Gasteiger partial charge is 0.457 e. The van der Waals surface area contributed by atoms with Gasteiger partial charge in [-0.15, -0.1) is 11.3 Å². The zero-order valence-electron chi connectivity index (χ0n) is 14.6. The molecular formula is C18H16ClN5O3S. The number of benzene rings is 1. The molecule has 3 N–H and O–H groups in total. The van der Waals surface area contributed by atoms with Crippen LogP contribution in [0.2, 0.25) is 4.34 Å². The quantitative estimate of drug-likeness (QED) is 0.421. The molecule has 8 nitrogen and oxygen atoms in total. The van der Waals surface area contributed by atoms with Crippen molar-refractivity contribution in [1.29, 1.82) is 0 Å². The summed E-state index contributed by atoms with van der Waals surface area (Å²) >= 11 is 6.98. The molecule has 28 heavy (non-hydrogen) atoms. The Labute approximate surface area is 169 Å². The minimum atomic E-state index is -0.535. The van der Waals surface area contributed by atoms with Crippen LogP contribution in [0.25, 0.3) is 0 Å². The van der Waals surface area contributed by atoms with Crippen LogP contribution in [0.4, 0.5) is 17.6 Å². The lowest BCUT2D eigenvalue weighted by Crippen LogP contribution is -2.12. The second-order valence-corrected chi connectivity index (χ2v) is 7.33. The Hall–Kier alpha value is -3.04. The van der Waals surface area contributed by atoms with E-state index in [1.807, 2.05) is 30.3 Å². The maximum atomic E-state index is 12.0. The number of nitrogens with zero attached hydrogens (tertiary/aromatic N) is 3. The number of Topliss-reactive ketones (excluding diaryl/α,β-unsaturated/α-hetero) is 1. The van der Waals surface area contributed by atoms with Gasteiger partial charge in [0.05, 0.1) is 15.6 Å². The van der Waals surface area contributed by atoms with Crippen LogP contribution < -0.4 is 11.1 Å². The van der Waals surface area contributed by atoms with Crippen LogP contribution >= 0.6 is 22.9 Å². The summed E-state index contributed by atoms with van der Waals surface area (Å²) in [6, 6.07) is 12.6.